The Balaban J connectivity index is 5.08. The van der Waals surface area contributed by atoms with Crippen molar-refractivity contribution < 1.29 is 48.2 Å². The summed E-state index contributed by atoms with van der Waals surface area (Å²) in [5.74, 6) is -2.54. The summed E-state index contributed by atoms with van der Waals surface area (Å²) in [6, 6.07) is 0. The topological polar surface area (TPSA) is 193 Å². The fraction of sp³-hybridized carbons (Fsp3) is 1.00. The average molecular weight is 300 g/mol. The number of hydrogen-bond acceptors (Lipinski definition) is 4. The van der Waals surface area contributed by atoms with E-state index in [1.807, 2.05) is 0 Å². The van der Waals surface area contributed by atoms with Crippen molar-refractivity contribution in [3.05, 3.63) is 0 Å². The van der Waals surface area contributed by atoms with Crippen LogP contribution in [0.5, 0.6) is 0 Å². The molecule has 0 saturated heterocycles. The van der Waals surface area contributed by atoms with Gasteiger partial charge < -0.3 is 34.5 Å². The highest BCUT2D eigenvalue weighted by atomic mass is 31.2. The van der Waals surface area contributed by atoms with Crippen LogP contribution in [0.1, 0.15) is 6.42 Å². The molecule has 0 fully saturated rings. The van der Waals surface area contributed by atoms with E-state index in [2.05, 4.69) is 0 Å². The minimum Gasteiger partial charge on any atom is -0.380 e. The third kappa shape index (κ3) is 5.16. The molecule has 10 nitrogen and oxygen atoms in total. The van der Waals surface area contributed by atoms with Gasteiger partial charge in [-0.3, -0.25) is 13.7 Å². The molecule has 7 N–H and O–H groups in total. The zero-order chi connectivity index (χ0) is 13.4. The SMILES string of the molecule is O=P(O)(O)C(O)CC(P(=O)(O)O)P(=O)(O)O. The van der Waals surface area contributed by atoms with Crippen LogP contribution in [0.25, 0.3) is 0 Å². The first-order valence-electron chi connectivity index (χ1n) is 3.60. The molecule has 0 aromatic carbocycles. The second-order valence-electron chi connectivity index (χ2n) is 2.96. The molecule has 0 heterocycles. The van der Waals surface area contributed by atoms with Gasteiger partial charge in [0.1, 0.15) is 0 Å². The molecule has 1 unspecified atom stereocenters. The van der Waals surface area contributed by atoms with E-state index in [1.165, 1.54) is 0 Å². The first-order chi connectivity index (χ1) is 6.76. The number of aliphatic hydroxyl groups excluding tert-OH is 1. The molecule has 16 heavy (non-hydrogen) atoms. The van der Waals surface area contributed by atoms with Gasteiger partial charge in [-0.05, 0) is 0 Å². The van der Waals surface area contributed by atoms with E-state index in [1.54, 1.807) is 0 Å². The largest absolute Gasteiger partial charge is 0.380 e. The molecule has 0 aliphatic heterocycles. The predicted molar refractivity (Wildman–Crippen MR) is 50.5 cm³/mol. The molecule has 0 rings (SSSR count). The van der Waals surface area contributed by atoms with Gasteiger partial charge in [0.05, 0.1) is 0 Å². The molecule has 0 saturated carbocycles. The lowest BCUT2D eigenvalue weighted by atomic mass is 10.5. The molecule has 1 atom stereocenters. The molecular weight excluding hydrogens is 289 g/mol. The summed E-state index contributed by atoms with van der Waals surface area (Å²) in [5.41, 5.74) is 0. The van der Waals surface area contributed by atoms with Crippen LogP contribution in [0, 0.1) is 0 Å². The zero-order valence-corrected chi connectivity index (χ0v) is 10.2. The maximum absolute atomic E-state index is 10.7. The summed E-state index contributed by atoms with van der Waals surface area (Å²) in [6.45, 7) is 0. The summed E-state index contributed by atoms with van der Waals surface area (Å²) in [7, 11) is -15.7. The van der Waals surface area contributed by atoms with Crippen LogP contribution in [0.15, 0.2) is 0 Å². The van der Waals surface area contributed by atoms with Gasteiger partial charge in [-0.2, -0.15) is 0 Å². The van der Waals surface area contributed by atoms with E-state index in [9.17, 15) is 13.7 Å². The van der Waals surface area contributed by atoms with Crippen molar-refractivity contribution in [2.75, 3.05) is 0 Å². The Labute approximate surface area is 89.4 Å². The van der Waals surface area contributed by atoms with Gasteiger partial charge in [0, 0.05) is 6.42 Å². The quantitative estimate of drug-likeness (QED) is 0.295. The zero-order valence-electron chi connectivity index (χ0n) is 7.56. The Kier molecular flexibility index (Phi) is 5.08. The molecule has 98 valence electrons. The predicted octanol–water partition coefficient (Wildman–Crippen LogP) is -1.45. The lowest BCUT2D eigenvalue weighted by molar-refractivity contribution is 0.191. The number of hydrogen-bond donors (Lipinski definition) is 7. The first kappa shape index (κ1) is 16.4. The van der Waals surface area contributed by atoms with Crippen LogP contribution in [0.2, 0.25) is 0 Å². The van der Waals surface area contributed by atoms with E-state index in [0.29, 0.717) is 0 Å². The highest BCUT2D eigenvalue weighted by Gasteiger charge is 2.47. The Morgan fingerprint density at radius 3 is 1.25 bits per heavy atom. The lowest BCUT2D eigenvalue weighted by Crippen LogP contribution is -2.18. The van der Waals surface area contributed by atoms with Crippen LogP contribution in [0.4, 0.5) is 0 Å². The van der Waals surface area contributed by atoms with Gasteiger partial charge in [-0.1, -0.05) is 0 Å². The minimum atomic E-state index is -5.29. The van der Waals surface area contributed by atoms with E-state index in [-0.39, 0.29) is 0 Å². The van der Waals surface area contributed by atoms with Gasteiger partial charge in [-0.25, -0.2) is 0 Å². The summed E-state index contributed by atoms with van der Waals surface area (Å²) in [4.78, 5) is 51.2. The van der Waals surface area contributed by atoms with Crippen LogP contribution < -0.4 is 0 Å². The average Bonchev–Trinajstić information content (AvgIpc) is 1.92. The van der Waals surface area contributed by atoms with Gasteiger partial charge in [0.2, 0.25) is 0 Å². The van der Waals surface area contributed by atoms with Crippen molar-refractivity contribution in [2.45, 2.75) is 17.7 Å². The molecule has 0 aromatic heterocycles. The maximum Gasteiger partial charge on any atom is 0.353 e. The Morgan fingerprint density at radius 2 is 1.06 bits per heavy atom. The summed E-state index contributed by atoms with van der Waals surface area (Å²) >= 11 is 0. The molecule has 0 aliphatic rings. The van der Waals surface area contributed by atoms with Crippen LogP contribution >= 0.6 is 22.8 Å². The van der Waals surface area contributed by atoms with Crippen molar-refractivity contribution in [3.63, 3.8) is 0 Å². The molecule has 0 aromatic rings. The summed E-state index contributed by atoms with van der Waals surface area (Å²) in [5, 5.41) is 6.20. The van der Waals surface area contributed by atoms with Crippen molar-refractivity contribution in [3.8, 4) is 0 Å². The third-order valence-electron chi connectivity index (χ3n) is 1.59. The lowest BCUT2D eigenvalue weighted by Gasteiger charge is -2.22. The van der Waals surface area contributed by atoms with Crippen LogP contribution in [0.3, 0.4) is 0 Å². The van der Waals surface area contributed by atoms with Crippen molar-refractivity contribution >= 4 is 22.8 Å². The van der Waals surface area contributed by atoms with E-state index >= 15 is 0 Å². The summed E-state index contributed by atoms with van der Waals surface area (Å²) in [6.07, 6.45) is -1.40. The molecule has 0 amide bonds. The molecule has 0 radical (unpaired) electrons. The normalized spacial score (nSPS) is 16.5. The van der Waals surface area contributed by atoms with Crippen LogP contribution in [-0.4, -0.2) is 45.7 Å². The van der Waals surface area contributed by atoms with Gasteiger partial charge in [-0.15, -0.1) is 0 Å². The second kappa shape index (κ2) is 4.96. The maximum atomic E-state index is 10.7. The van der Waals surface area contributed by atoms with Gasteiger partial charge in [0.25, 0.3) is 0 Å². The molecular formula is C3H11O10P3. The third-order valence-corrected chi connectivity index (χ3v) is 6.35. The minimum absolute atomic E-state index is 1.40. The fourth-order valence-corrected chi connectivity index (χ4v) is 4.13. The molecule has 0 spiro atoms. The highest BCUT2D eigenvalue weighted by molar-refractivity contribution is 7.70. The van der Waals surface area contributed by atoms with Crippen LogP contribution in [-0.2, 0) is 13.7 Å². The highest BCUT2D eigenvalue weighted by Crippen LogP contribution is 2.63. The van der Waals surface area contributed by atoms with E-state index in [4.69, 9.17) is 34.5 Å². The molecule has 13 heteroatoms. The van der Waals surface area contributed by atoms with Crippen molar-refractivity contribution in [2.24, 2.45) is 0 Å². The second-order valence-corrected chi connectivity index (χ2v) is 8.75. The Hall–Kier alpha value is 0.410. The number of rotatable bonds is 5. The fourth-order valence-electron chi connectivity index (χ4n) is 0.796. The van der Waals surface area contributed by atoms with Gasteiger partial charge >= 0.3 is 22.8 Å². The monoisotopic (exact) mass is 300 g/mol. The van der Waals surface area contributed by atoms with E-state index in [0.717, 1.165) is 0 Å². The smallest absolute Gasteiger partial charge is 0.353 e. The van der Waals surface area contributed by atoms with E-state index < -0.39 is 40.5 Å². The molecule has 0 bridgehead atoms. The molecule has 0 aliphatic carbocycles. The van der Waals surface area contributed by atoms with Crippen molar-refractivity contribution in [1.29, 1.82) is 0 Å². The first-order valence-corrected chi connectivity index (χ1v) is 8.64. The Bertz CT molecular complexity index is 349. The van der Waals surface area contributed by atoms with Gasteiger partial charge in [0.15, 0.2) is 11.2 Å². The van der Waals surface area contributed by atoms with Crippen molar-refractivity contribution in [1.82, 2.24) is 0 Å². The summed E-state index contributed by atoms with van der Waals surface area (Å²) < 4.78 is 31.8. The Morgan fingerprint density at radius 1 is 0.750 bits per heavy atom. The number of aliphatic hydroxyl groups is 1. The standard InChI is InChI=1S/C3H11O10P3/c4-2(14(5,6)7)1-3(15(8,9)10)16(11,12)13/h2-4H,1H2,(H2,5,6,7)(H2,8,9,10)(H2,11,12,13).